The zero-order chi connectivity index (χ0) is 18.1. The Morgan fingerprint density at radius 2 is 2.04 bits per heavy atom. The van der Waals surface area contributed by atoms with Crippen molar-refractivity contribution in [3.8, 4) is 11.5 Å². The molecular weight excluding hydrogens is 447 g/mol. The Bertz CT molecular complexity index is 571. The van der Waals surface area contributed by atoms with Gasteiger partial charge >= 0.3 is 0 Å². The minimum atomic E-state index is 0. The van der Waals surface area contributed by atoms with Gasteiger partial charge in [-0.15, -0.1) is 24.0 Å². The number of halogens is 1. The molecule has 0 aliphatic carbocycles. The van der Waals surface area contributed by atoms with Gasteiger partial charge < -0.3 is 25.3 Å². The number of nitrogens with two attached hydrogens (primary N) is 1. The number of aliphatic imine (C=N–C) groups is 1. The molecule has 2 rings (SSSR count). The average Bonchev–Trinajstić information content (AvgIpc) is 3.09. The summed E-state index contributed by atoms with van der Waals surface area (Å²) in [5, 5.41) is 3.24. The lowest BCUT2D eigenvalue weighted by Gasteiger charge is -2.24. The maximum atomic E-state index is 6.01. The van der Waals surface area contributed by atoms with Crippen LogP contribution in [0.3, 0.4) is 0 Å². The van der Waals surface area contributed by atoms with E-state index in [1.54, 1.807) is 21.3 Å². The van der Waals surface area contributed by atoms with Gasteiger partial charge in [0.05, 0.1) is 27.4 Å². The summed E-state index contributed by atoms with van der Waals surface area (Å²) in [5.41, 5.74) is 7.03. The fourth-order valence-corrected chi connectivity index (χ4v) is 3.06. The van der Waals surface area contributed by atoms with Crippen LogP contribution in [0.15, 0.2) is 23.2 Å². The molecule has 1 heterocycles. The van der Waals surface area contributed by atoms with E-state index in [4.69, 9.17) is 19.9 Å². The smallest absolute Gasteiger partial charge is 0.188 e. The monoisotopic (exact) mass is 478 g/mol. The van der Waals surface area contributed by atoms with Crippen LogP contribution in [-0.4, -0.2) is 64.5 Å². The maximum absolute atomic E-state index is 6.01. The normalized spacial score (nSPS) is 17.7. The van der Waals surface area contributed by atoms with Crippen LogP contribution in [0, 0.1) is 0 Å². The predicted molar refractivity (Wildman–Crippen MR) is 115 cm³/mol. The molecule has 0 radical (unpaired) electrons. The summed E-state index contributed by atoms with van der Waals surface area (Å²) in [6.07, 6.45) is 2.40. The van der Waals surface area contributed by atoms with Crippen molar-refractivity contribution in [2.75, 3.05) is 47.6 Å². The summed E-state index contributed by atoms with van der Waals surface area (Å²) < 4.78 is 15.7. The highest BCUT2D eigenvalue weighted by Crippen LogP contribution is 2.27. The summed E-state index contributed by atoms with van der Waals surface area (Å²) in [4.78, 5) is 6.86. The molecule has 1 saturated heterocycles. The number of ether oxygens (including phenoxy) is 3. The first-order valence-electron chi connectivity index (χ1n) is 8.65. The third kappa shape index (κ3) is 6.81. The zero-order valence-corrected chi connectivity index (χ0v) is 18.2. The number of nitrogens with one attached hydrogen (secondary N) is 1. The number of benzene rings is 1. The molecule has 1 fully saturated rings. The molecule has 0 aromatic heterocycles. The van der Waals surface area contributed by atoms with E-state index >= 15 is 0 Å². The molecular formula is C18H31IN4O3. The van der Waals surface area contributed by atoms with Gasteiger partial charge in [0.15, 0.2) is 17.5 Å². The van der Waals surface area contributed by atoms with E-state index in [0.717, 1.165) is 31.8 Å². The zero-order valence-electron chi connectivity index (χ0n) is 15.9. The summed E-state index contributed by atoms with van der Waals surface area (Å²) in [6, 6.07) is 6.24. The number of rotatable bonds is 9. The van der Waals surface area contributed by atoms with Gasteiger partial charge in [0.2, 0.25) is 0 Å². The number of hydrogen-bond donors (Lipinski definition) is 2. The Hall–Kier alpha value is -1.26. The second kappa shape index (κ2) is 12.2. The minimum Gasteiger partial charge on any atom is -0.493 e. The second-order valence-electron chi connectivity index (χ2n) is 6.10. The van der Waals surface area contributed by atoms with Crippen molar-refractivity contribution in [1.29, 1.82) is 0 Å². The first kappa shape index (κ1) is 22.8. The standard InChI is InChI=1S/C18H30N4O3.HI/c1-23-10-9-22-8-4-5-15(22)13-21-18(19)20-12-14-6-7-16(24-2)17(11-14)25-3;/h6-7,11,15H,4-5,8-10,12-13H2,1-3H3,(H3,19,20,21);1H. The van der Waals surface area contributed by atoms with E-state index < -0.39 is 0 Å². The van der Waals surface area contributed by atoms with Gasteiger partial charge in [-0.25, -0.2) is 4.99 Å². The Balaban J connectivity index is 0.00000338. The molecule has 0 saturated carbocycles. The van der Waals surface area contributed by atoms with Crippen LogP contribution >= 0.6 is 24.0 Å². The van der Waals surface area contributed by atoms with E-state index in [1.807, 2.05) is 18.2 Å². The van der Waals surface area contributed by atoms with Crippen molar-refractivity contribution >= 4 is 29.9 Å². The molecule has 1 aromatic carbocycles. The van der Waals surface area contributed by atoms with Gasteiger partial charge in [0, 0.05) is 26.2 Å². The van der Waals surface area contributed by atoms with Crippen LogP contribution in [0.1, 0.15) is 18.4 Å². The van der Waals surface area contributed by atoms with E-state index in [0.29, 0.717) is 30.0 Å². The lowest BCUT2D eigenvalue weighted by Crippen LogP contribution is -2.43. The summed E-state index contributed by atoms with van der Waals surface area (Å²) >= 11 is 0. The van der Waals surface area contributed by atoms with Crippen molar-refractivity contribution < 1.29 is 14.2 Å². The lowest BCUT2D eigenvalue weighted by molar-refractivity contribution is 0.141. The van der Waals surface area contributed by atoms with Crippen LogP contribution < -0.4 is 20.5 Å². The molecule has 7 nitrogen and oxygen atoms in total. The molecule has 0 amide bonds. The fraction of sp³-hybridized carbons (Fsp3) is 0.611. The van der Waals surface area contributed by atoms with E-state index in [2.05, 4.69) is 15.2 Å². The Morgan fingerprint density at radius 1 is 1.27 bits per heavy atom. The van der Waals surface area contributed by atoms with Crippen LogP contribution in [0.5, 0.6) is 11.5 Å². The van der Waals surface area contributed by atoms with Crippen molar-refractivity contribution in [2.45, 2.75) is 25.4 Å². The van der Waals surface area contributed by atoms with Crippen molar-refractivity contribution in [3.05, 3.63) is 23.8 Å². The Kier molecular flexibility index (Phi) is 10.7. The molecule has 8 heteroatoms. The number of likely N-dealkylation sites (tertiary alicyclic amines) is 1. The third-order valence-electron chi connectivity index (χ3n) is 4.48. The molecule has 1 atom stereocenters. The maximum Gasteiger partial charge on any atom is 0.188 e. The largest absolute Gasteiger partial charge is 0.493 e. The molecule has 1 aliphatic rings. The van der Waals surface area contributed by atoms with Gasteiger partial charge in [-0.2, -0.15) is 0 Å². The van der Waals surface area contributed by atoms with Crippen LogP contribution in [-0.2, 0) is 11.3 Å². The molecule has 26 heavy (non-hydrogen) atoms. The molecule has 1 aliphatic heterocycles. The molecule has 3 N–H and O–H groups in total. The van der Waals surface area contributed by atoms with Crippen molar-refractivity contribution in [3.63, 3.8) is 0 Å². The first-order chi connectivity index (χ1) is 12.2. The van der Waals surface area contributed by atoms with E-state index in [1.165, 1.54) is 12.8 Å². The molecule has 0 spiro atoms. The number of nitrogens with zero attached hydrogens (tertiary/aromatic N) is 2. The van der Waals surface area contributed by atoms with E-state index in [9.17, 15) is 0 Å². The first-order valence-corrected chi connectivity index (χ1v) is 8.65. The molecule has 148 valence electrons. The van der Waals surface area contributed by atoms with Gasteiger partial charge in [0.25, 0.3) is 0 Å². The van der Waals surface area contributed by atoms with Crippen molar-refractivity contribution in [2.24, 2.45) is 10.7 Å². The van der Waals surface area contributed by atoms with Gasteiger partial charge in [-0.3, -0.25) is 4.90 Å². The SMILES string of the molecule is COCCN1CCCC1CNC(N)=NCc1ccc(OC)c(OC)c1.I. The number of methoxy groups -OCH3 is 3. The summed E-state index contributed by atoms with van der Waals surface area (Å²) in [7, 11) is 4.98. The number of hydrogen-bond acceptors (Lipinski definition) is 5. The predicted octanol–water partition coefficient (Wildman–Crippen LogP) is 1.84. The summed E-state index contributed by atoms with van der Waals surface area (Å²) in [6.45, 7) is 4.16. The van der Waals surface area contributed by atoms with Crippen LogP contribution in [0.2, 0.25) is 0 Å². The Morgan fingerprint density at radius 3 is 2.73 bits per heavy atom. The van der Waals surface area contributed by atoms with E-state index in [-0.39, 0.29) is 24.0 Å². The fourth-order valence-electron chi connectivity index (χ4n) is 3.06. The van der Waals surface area contributed by atoms with Crippen molar-refractivity contribution in [1.82, 2.24) is 10.2 Å². The second-order valence-corrected chi connectivity index (χ2v) is 6.10. The highest BCUT2D eigenvalue weighted by atomic mass is 127. The molecule has 1 aromatic rings. The summed E-state index contributed by atoms with van der Waals surface area (Å²) in [5.74, 6) is 1.87. The minimum absolute atomic E-state index is 0. The highest BCUT2D eigenvalue weighted by Gasteiger charge is 2.23. The van der Waals surface area contributed by atoms with Crippen LogP contribution in [0.4, 0.5) is 0 Å². The Labute approximate surface area is 173 Å². The quantitative estimate of drug-likeness (QED) is 0.320. The van der Waals surface area contributed by atoms with Gasteiger partial charge in [-0.1, -0.05) is 6.07 Å². The average molecular weight is 478 g/mol. The van der Waals surface area contributed by atoms with Crippen LogP contribution in [0.25, 0.3) is 0 Å². The third-order valence-corrected chi connectivity index (χ3v) is 4.48. The molecule has 1 unspecified atom stereocenters. The highest BCUT2D eigenvalue weighted by molar-refractivity contribution is 14.0. The topological polar surface area (TPSA) is 81.3 Å². The lowest BCUT2D eigenvalue weighted by atomic mass is 10.2. The van der Waals surface area contributed by atoms with Gasteiger partial charge in [-0.05, 0) is 37.1 Å². The van der Waals surface area contributed by atoms with Gasteiger partial charge in [0.1, 0.15) is 0 Å². The number of guanidine groups is 1. The molecule has 0 bridgehead atoms.